The topological polar surface area (TPSA) is 37.0 Å². The van der Waals surface area contributed by atoms with Crippen LogP contribution >= 0.6 is 11.5 Å². The first kappa shape index (κ1) is 9.43. The Balaban J connectivity index is 2.17. The first-order valence-electron chi connectivity index (χ1n) is 4.64. The zero-order valence-electron chi connectivity index (χ0n) is 8.08. The van der Waals surface area contributed by atoms with Gasteiger partial charge in [-0.3, -0.25) is 0 Å². The molecule has 0 amide bonds. The van der Waals surface area contributed by atoms with Gasteiger partial charge in [-0.1, -0.05) is 12.1 Å². The summed E-state index contributed by atoms with van der Waals surface area (Å²) in [6.45, 7) is 1.90. The molecule has 0 spiro atoms. The van der Waals surface area contributed by atoms with Gasteiger partial charge in [0.05, 0.1) is 5.52 Å². The highest BCUT2D eigenvalue weighted by molar-refractivity contribution is 7.11. The van der Waals surface area contributed by atoms with E-state index in [1.165, 1.54) is 16.9 Å². The largest absolute Gasteiger partial charge is 0.374 e. The molecule has 0 unspecified atom stereocenters. The van der Waals surface area contributed by atoms with Gasteiger partial charge in [0.15, 0.2) is 0 Å². The zero-order valence-corrected chi connectivity index (χ0v) is 8.90. The van der Waals surface area contributed by atoms with Gasteiger partial charge in [0.1, 0.15) is 5.00 Å². The van der Waals surface area contributed by atoms with Crippen molar-refractivity contribution in [3.05, 3.63) is 24.3 Å². The molecule has 1 heterocycles. The van der Waals surface area contributed by atoms with E-state index in [9.17, 15) is 0 Å². The molecule has 4 heteroatoms. The molecule has 0 radical (unpaired) electrons. The monoisotopic (exact) mass is 207 g/mol. The molecule has 0 saturated carbocycles. The third-order valence-electron chi connectivity index (χ3n) is 2.04. The summed E-state index contributed by atoms with van der Waals surface area (Å²) in [5.41, 5.74) is 1.07. The quantitative estimate of drug-likeness (QED) is 0.752. The van der Waals surface area contributed by atoms with Crippen molar-refractivity contribution in [2.24, 2.45) is 0 Å². The number of fused-ring (bicyclic) bond motifs is 1. The molecule has 2 N–H and O–H groups in total. The van der Waals surface area contributed by atoms with Gasteiger partial charge in [0.2, 0.25) is 0 Å². The van der Waals surface area contributed by atoms with Crippen molar-refractivity contribution in [2.45, 2.75) is 0 Å². The maximum absolute atomic E-state index is 4.36. The third kappa shape index (κ3) is 1.86. The second-order valence-corrected chi connectivity index (χ2v) is 3.83. The van der Waals surface area contributed by atoms with Crippen LogP contribution in [0.4, 0.5) is 5.00 Å². The first-order valence-corrected chi connectivity index (χ1v) is 5.42. The van der Waals surface area contributed by atoms with Crippen molar-refractivity contribution < 1.29 is 0 Å². The van der Waals surface area contributed by atoms with E-state index < -0.39 is 0 Å². The minimum Gasteiger partial charge on any atom is -0.374 e. The van der Waals surface area contributed by atoms with Gasteiger partial charge >= 0.3 is 0 Å². The molecule has 1 aromatic heterocycles. The van der Waals surface area contributed by atoms with Gasteiger partial charge in [-0.2, -0.15) is 4.37 Å². The van der Waals surface area contributed by atoms with Gasteiger partial charge in [0, 0.05) is 18.5 Å². The number of aromatic nitrogens is 1. The molecule has 0 aliphatic heterocycles. The first-order chi connectivity index (χ1) is 6.92. The van der Waals surface area contributed by atoms with E-state index in [1.807, 2.05) is 25.2 Å². The van der Waals surface area contributed by atoms with Crippen LogP contribution in [-0.2, 0) is 0 Å². The van der Waals surface area contributed by atoms with Crippen LogP contribution in [0.5, 0.6) is 0 Å². The summed E-state index contributed by atoms with van der Waals surface area (Å²) in [6.07, 6.45) is 0. The summed E-state index contributed by atoms with van der Waals surface area (Å²) >= 11 is 1.52. The predicted octanol–water partition coefficient (Wildman–Crippen LogP) is 1.93. The van der Waals surface area contributed by atoms with Crippen LogP contribution in [0.1, 0.15) is 0 Å². The van der Waals surface area contributed by atoms with Crippen LogP contribution in [0.25, 0.3) is 10.9 Å². The van der Waals surface area contributed by atoms with Crippen molar-refractivity contribution >= 4 is 27.4 Å². The standard InChI is InChI=1S/C10H13N3S/c1-11-6-7-12-10-8-4-2-3-5-9(8)13-14-10/h2-5,11-12H,6-7H2,1H3. The van der Waals surface area contributed by atoms with Crippen LogP contribution in [-0.4, -0.2) is 24.5 Å². The van der Waals surface area contributed by atoms with Crippen molar-refractivity contribution in [1.82, 2.24) is 9.69 Å². The van der Waals surface area contributed by atoms with Gasteiger partial charge in [-0.15, -0.1) is 0 Å². The number of hydrogen-bond acceptors (Lipinski definition) is 4. The number of likely N-dealkylation sites (N-methyl/N-ethyl adjacent to an activating group) is 1. The van der Waals surface area contributed by atoms with Crippen molar-refractivity contribution in [3.63, 3.8) is 0 Å². The molecule has 1 aromatic carbocycles. The lowest BCUT2D eigenvalue weighted by atomic mass is 10.2. The lowest BCUT2D eigenvalue weighted by Gasteiger charge is -2.02. The van der Waals surface area contributed by atoms with Crippen LogP contribution in [0.2, 0.25) is 0 Å². The second-order valence-electron chi connectivity index (χ2n) is 3.06. The van der Waals surface area contributed by atoms with Crippen LogP contribution in [0.3, 0.4) is 0 Å². The number of anilines is 1. The second kappa shape index (κ2) is 4.39. The van der Waals surface area contributed by atoms with Gasteiger partial charge in [-0.05, 0) is 30.7 Å². The Morgan fingerprint density at radius 1 is 1.29 bits per heavy atom. The van der Waals surface area contributed by atoms with Gasteiger partial charge < -0.3 is 10.6 Å². The Morgan fingerprint density at radius 3 is 3.00 bits per heavy atom. The molecule has 2 aromatic rings. The van der Waals surface area contributed by atoms with E-state index in [-0.39, 0.29) is 0 Å². The normalized spacial score (nSPS) is 10.6. The lowest BCUT2D eigenvalue weighted by Crippen LogP contribution is -2.17. The van der Waals surface area contributed by atoms with E-state index in [1.54, 1.807) is 0 Å². The van der Waals surface area contributed by atoms with E-state index in [0.717, 1.165) is 23.6 Å². The number of nitrogens with zero attached hydrogens (tertiary/aromatic N) is 1. The molecule has 2 rings (SSSR count). The Labute approximate surface area is 87.3 Å². The molecular weight excluding hydrogens is 194 g/mol. The van der Waals surface area contributed by atoms with E-state index >= 15 is 0 Å². The predicted molar refractivity (Wildman–Crippen MR) is 62.0 cm³/mol. The van der Waals surface area contributed by atoms with Gasteiger partial charge in [0.25, 0.3) is 0 Å². The summed E-state index contributed by atoms with van der Waals surface area (Å²) in [4.78, 5) is 0. The Morgan fingerprint density at radius 2 is 2.14 bits per heavy atom. The maximum Gasteiger partial charge on any atom is 0.117 e. The Kier molecular flexibility index (Phi) is 2.96. The fourth-order valence-electron chi connectivity index (χ4n) is 1.32. The minimum atomic E-state index is 0.933. The van der Waals surface area contributed by atoms with Gasteiger partial charge in [-0.25, -0.2) is 0 Å². The Hall–Kier alpha value is -1.13. The number of nitrogens with one attached hydrogen (secondary N) is 2. The highest BCUT2D eigenvalue weighted by Gasteiger charge is 2.02. The van der Waals surface area contributed by atoms with E-state index in [4.69, 9.17) is 0 Å². The van der Waals surface area contributed by atoms with Crippen molar-refractivity contribution in [2.75, 3.05) is 25.5 Å². The Bertz CT molecular complexity index is 410. The molecular formula is C10H13N3S. The zero-order chi connectivity index (χ0) is 9.80. The summed E-state index contributed by atoms with van der Waals surface area (Å²) in [7, 11) is 1.95. The summed E-state index contributed by atoms with van der Waals surface area (Å²) in [5, 5.41) is 8.84. The van der Waals surface area contributed by atoms with Crippen LogP contribution < -0.4 is 10.6 Å². The van der Waals surface area contributed by atoms with Crippen molar-refractivity contribution in [3.8, 4) is 0 Å². The smallest absolute Gasteiger partial charge is 0.117 e. The summed E-state index contributed by atoms with van der Waals surface area (Å²) in [5.74, 6) is 0. The number of rotatable bonds is 4. The fourth-order valence-corrected chi connectivity index (χ4v) is 2.10. The van der Waals surface area contributed by atoms with E-state index in [0.29, 0.717) is 0 Å². The summed E-state index contributed by atoms with van der Waals surface area (Å²) in [6, 6.07) is 8.19. The average Bonchev–Trinajstić information content (AvgIpc) is 2.63. The fraction of sp³-hybridized carbons (Fsp3) is 0.300. The molecule has 14 heavy (non-hydrogen) atoms. The molecule has 3 nitrogen and oxygen atoms in total. The molecule has 0 fully saturated rings. The highest BCUT2D eigenvalue weighted by Crippen LogP contribution is 2.26. The molecule has 0 atom stereocenters. The molecule has 0 aliphatic carbocycles. The third-order valence-corrected chi connectivity index (χ3v) is 2.88. The number of hydrogen-bond donors (Lipinski definition) is 2. The number of benzene rings is 1. The van der Waals surface area contributed by atoms with Crippen molar-refractivity contribution in [1.29, 1.82) is 0 Å². The molecule has 0 saturated heterocycles. The molecule has 74 valence electrons. The molecule has 0 bridgehead atoms. The molecule has 0 aliphatic rings. The van der Waals surface area contributed by atoms with Crippen LogP contribution in [0.15, 0.2) is 24.3 Å². The minimum absolute atomic E-state index is 0.933. The maximum atomic E-state index is 4.36. The summed E-state index contributed by atoms with van der Waals surface area (Å²) < 4.78 is 4.36. The average molecular weight is 207 g/mol. The van der Waals surface area contributed by atoms with Crippen LogP contribution in [0, 0.1) is 0 Å². The SMILES string of the molecule is CNCCNc1snc2ccccc12. The lowest BCUT2D eigenvalue weighted by molar-refractivity contribution is 0.825. The highest BCUT2D eigenvalue weighted by atomic mass is 32.1. The van der Waals surface area contributed by atoms with E-state index in [2.05, 4.69) is 21.1 Å².